The molecule has 0 unspecified atom stereocenters. The molecule has 1 N–H and O–H groups in total. The first-order valence-corrected chi connectivity index (χ1v) is 9.98. The van der Waals surface area contributed by atoms with Crippen LogP contribution in [-0.2, 0) is 4.79 Å². The summed E-state index contributed by atoms with van der Waals surface area (Å²) in [6.07, 6.45) is 1.75. The van der Waals surface area contributed by atoms with Crippen molar-refractivity contribution in [1.29, 1.82) is 0 Å². The standard InChI is InChI=1S/C21H13N3O4S2/c25-19(14-8-10-16(11-9-14)24(27)28)22-23-20(26)18(30-21(23)29)12-15-6-3-5-13-4-1-2-7-17(13)15/h1-12H,(H,22,25)/b18-12+. The Kier molecular flexibility index (Phi) is 5.30. The van der Waals surface area contributed by atoms with E-state index >= 15 is 0 Å². The first-order chi connectivity index (χ1) is 14.4. The van der Waals surface area contributed by atoms with Crippen LogP contribution in [-0.4, -0.2) is 26.1 Å². The van der Waals surface area contributed by atoms with Gasteiger partial charge in [0.1, 0.15) is 0 Å². The second kappa shape index (κ2) is 8.05. The molecule has 1 aliphatic rings. The molecule has 0 atom stereocenters. The Labute approximate surface area is 180 Å². The van der Waals surface area contributed by atoms with Crippen LogP contribution in [0.4, 0.5) is 5.69 Å². The monoisotopic (exact) mass is 435 g/mol. The van der Waals surface area contributed by atoms with Crippen LogP contribution in [0.2, 0.25) is 0 Å². The molecule has 4 rings (SSSR count). The molecular weight excluding hydrogens is 422 g/mol. The fraction of sp³-hybridized carbons (Fsp3) is 0. The summed E-state index contributed by atoms with van der Waals surface area (Å²) >= 11 is 6.35. The Morgan fingerprint density at radius 2 is 1.77 bits per heavy atom. The van der Waals surface area contributed by atoms with Crippen LogP contribution in [0.3, 0.4) is 0 Å². The number of thiocarbonyl (C=S) groups is 1. The van der Waals surface area contributed by atoms with E-state index in [9.17, 15) is 19.7 Å². The summed E-state index contributed by atoms with van der Waals surface area (Å²) in [7, 11) is 0. The van der Waals surface area contributed by atoms with E-state index < -0.39 is 16.7 Å². The van der Waals surface area contributed by atoms with E-state index in [4.69, 9.17) is 12.2 Å². The van der Waals surface area contributed by atoms with Crippen LogP contribution in [0.25, 0.3) is 16.8 Å². The highest BCUT2D eigenvalue weighted by molar-refractivity contribution is 8.26. The third-order valence-corrected chi connectivity index (χ3v) is 5.76. The van der Waals surface area contributed by atoms with Crippen molar-refractivity contribution in [3.63, 3.8) is 0 Å². The van der Waals surface area contributed by atoms with Gasteiger partial charge in [0, 0.05) is 17.7 Å². The number of carbonyl (C=O) groups excluding carboxylic acids is 2. The number of nitro groups is 1. The number of nitro benzene ring substituents is 1. The first-order valence-electron chi connectivity index (χ1n) is 8.75. The van der Waals surface area contributed by atoms with Crippen LogP contribution < -0.4 is 5.43 Å². The second-order valence-electron chi connectivity index (χ2n) is 6.33. The molecule has 0 bridgehead atoms. The second-order valence-corrected chi connectivity index (χ2v) is 8.01. The highest BCUT2D eigenvalue weighted by Crippen LogP contribution is 2.33. The largest absolute Gasteiger partial charge is 0.285 e. The summed E-state index contributed by atoms with van der Waals surface area (Å²) in [5.41, 5.74) is 3.38. The maximum Gasteiger partial charge on any atom is 0.285 e. The maximum atomic E-state index is 12.8. The van der Waals surface area contributed by atoms with Gasteiger partial charge in [-0.1, -0.05) is 54.2 Å². The Morgan fingerprint density at radius 1 is 1.07 bits per heavy atom. The van der Waals surface area contributed by atoms with E-state index in [1.54, 1.807) is 6.08 Å². The predicted octanol–water partition coefficient (Wildman–Crippen LogP) is 4.29. The van der Waals surface area contributed by atoms with Gasteiger partial charge in [-0.15, -0.1) is 0 Å². The minimum atomic E-state index is -0.590. The molecule has 30 heavy (non-hydrogen) atoms. The average molecular weight is 435 g/mol. The van der Waals surface area contributed by atoms with Crippen LogP contribution >= 0.6 is 24.0 Å². The SMILES string of the molecule is O=C(NN1C(=O)/C(=C\c2cccc3ccccc23)SC1=S)c1ccc([N+](=O)[O-])cc1. The van der Waals surface area contributed by atoms with Crippen molar-refractivity contribution in [1.82, 2.24) is 10.4 Å². The number of nitrogens with zero attached hydrogens (tertiary/aromatic N) is 2. The molecule has 0 saturated carbocycles. The number of non-ortho nitro benzene ring substituents is 1. The molecule has 1 aliphatic heterocycles. The summed E-state index contributed by atoms with van der Waals surface area (Å²) in [4.78, 5) is 35.8. The summed E-state index contributed by atoms with van der Waals surface area (Å²) in [5, 5.41) is 13.8. The van der Waals surface area contributed by atoms with Crippen molar-refractivity contribution in [2.45, 2.75) is 0 Å². The quantitative estimate of drug-likeness (QED) is 0.284. The van der Waals surface area contributed by atoms with Crippen LogP contribution in [0.1, 0.15) is 15.9 Å². The van der Waals surface area contributed by atoms with Crippen molar-refractivity contribution in [2.75, 3.05) is 0 Å². The molecule has 0 aromatic heterocycles. The van der Waals surface area contributed by atoms with Gasteiger partial charge >= 0.3 is 0 Å². The molecule has 1 saturated heterocycles. The van der Waals surface area contributed by atoms with Crippen molar-refractivity contribution >= 4 is 62.7 Å². The lowest BCUT2D eigenvalue weighted by atomic mass is 10.0. The maximum absolute atomic E-state index is 12.8. The van der Waals surface area contributed by atoms with Crippen LogP contribution in [0.15, 0.2) is 71.6 Å². The number of hydrazine groups is 1. The van der Waals surface area contributed by atoms with Crippen molar-refractivity contribution in [3.8, 4) is 0 Å². The van der Waals surface area contributed by atoms with E-state index in [1.165, 1.54) is 24.3 Å². The molecule has 0 radical (unpaired) electrons. The van der Waals surface area contributed by atoms with Crippen LogP contribution in [0.5, 0.6) is 0 Å². The zero-order chi connectivity index (χ0) is 21.3. The number of benzene rings is 3. The zero-order valence-electron chi connectivity index (χ0n) is 15.3. The van der Waals surface area contributed by atoms with E-state index in [2.05, 4.69) is 5.43 Å². The van der Waals surface area contributed by atoms with E-state index in [0.29, 0.717) is 4.91 Å². The van der Waals surface area contributed by atoms with Gasteiger partial charge in [-0.05, 0) is 46.8 Å². The number of carbonyl (C=O) groups is 2. The van der Waals surface area contributed by atoms with Gasteiger partial charge in [0.05, 0.1) is 9.83 Å². The number of amides is 2. The molecule has 0 aliphatic carbocycles. The van der Waals surface area contributed by atoms with Gasteiger partial charge in [0.2, 0.25) is 0 Å². The molecule has 0 spiro atoms. The highest BCUT2D eigenvalue weighted by Gasteiger charge is 2.34. The Morgan fingerprint density at radius 3 is 2.50 bits per heavy atom. The van der Waals surface area contributed by atoms with Crippen LogP contribution in [0, 0.1) is 10.1 Å². The third-order valence-electron chi connectivity index (χ3n) is 4.46. The number of nitrogens with one attached hydrogen (secondary N) is 1. The summed E-state index contributed by atoms with van der Waals surface area (Å²) < 4.78 is 0.196. The minimum Gasteiger partial charge on any atom is -0.267 e. The Bertz CT molecular complexity index is 1230. The fourth-order valence-electron chi connectivity index (χ4n) is 2.98. The van der Waals surface area contributed by atoms with Gasteiger partial charge in [-0.3, -0.25) is 25.1 Å². The molecular formula is C21H13N3O4S2. The number of thioether (sulfide) groups is 1. The lowest BCUT2D eigenvalue weighted by Crippen LogP contribution is -2.44. The molecule has 2 amide bonds. The molecule has 1 heterocycles. The molecule has 3 aromatic carbocycles. The van der Waals surface area contributed by atoms with Gasteiger partial charge < -0.3 is 0 Å². The number of fused-ring (bicyclic) bond motifs is 1. The summed E-state index contributed by atoms with van der Waals surface area (Å²) in [6, 6.07) is 18.7. The normalized spacial score (nSPS) is 15.1. The van der Waals surface area contributed by atoms with Crippen molar-refractivity contribution in [2.24, 2.45) is 0 Å². The molecule has 9 heteroatoms. The van der Waals surface area contributed by atoms with Gasteiger partial charge in [-0.25, -0.2) is 0 Å². The molecule has 3 aromatic rings. The molecule has 148 valence electrons. The van der Waals surface area contributed by atoms with Gasteiger partial charge in [0.15, 0.2) is 4.32 Å². The van der Waals surface area contributed by atoms with E-state index in [1.807, 2.05) is 42.5 Å². The molecule has 7 nitrogen and oxygen atoms in total. The summed E-state index contributed by atoms with van der Waals surface area (Å²) in [6.45, 7) is 0. The number of hydrogen-bond donors (Lipinski definition) is 1. The Hall–Kier alpha value is -3.56. The molecule has 1 fully saturated rings. The highest BCUT2D eigenvalue weighted by atomic mass is 32.2. The lowest BCUT2D eigenvalue weighted by Gasteiger charge is -2.15. The zero-order valence-corrected chi connectivity index (χ0v) is 16.9. The lowest BCUT2D eigenvalue weighted by molar-refractivity contribution is -0.384. The smallest absolute Gasteiger partial charge is 0.267 e. The Balaban J connectivity index is 1.56. The van der Waals surface area contributed by atoms with E-state index in [0.717, 1.165) is 33.1 Å². The number of rotatable bonds is 4. The van der Waals surface area contributed by atoms with Crippen molar-refractivity contribution < 1.29 is 14.5 Å². The van der Waals surface area contributed by atoms with Crippen molar-refractivity contribution in [3.05, 3.63) is 92.9 Å². The van der Waals surface area contributed by atoms with Gasteiger partial charge in [0.25, 0.3) is 17.5 Å². The minimum absolute atomic E-state index is 0.129. The number of hydrogen-bond acceptors (Lipinski definition) is 6. The average Bonchev–Trinajstić information content (AvgIpc) is 3.01. The first kappa shape index (κ1) is 19.7. The predicted molar refractivity (Wildman–Crippen MR) is 120 cm³/mol. The van der Waals surface area contributed by atoms with E-state index in [-0.39, 0.29) is 15.6 Å². The third kappa shape index (κ3) is 3.80. The van der Waals surface area contributed by atoms with Gasteiger partial charge in [-0.2, -0.15) is 5.01 Å². The topological polar surface area (TPSA) is 92.6 Å². The fourth-order valence-corrected chi connectivity index (χ4v) is 4.15. The summed E-state index contributed by atoms with van der Waals surface area (Å²) in [5.74, 6) is -1.03.